The average molecular weight is 358 g/mol. The summed E-state index contributed by atoms with van der Waals surface area (Å²) in [6.07, 6.45) is 3.46. The van der Waals surface area contributed by atoms with Crippen molar-refractivity contribution in [2.24, 2.45) is 4.99 Å². The third-order valence-corrected chi connectivity index (χ3v) is 4.50. The van der Waals surface area contributed by atoms with Crippen LogP contribution in [0.25, 0.3) is 28.3 Å². The average Bonchev–Trinajstić information content (AvgIpc) is 3.38. The molecule has 0 atom stereocenters. The number of halogens is 1. The molecular weight excluding hydrogens is 343 g/mol. The third-order valence-electron chi connectivity index (χ3n) is 4.50. The monoisotopic (exact) mass is 358 g/mol. The maximum Gasteiger partial charge on any atom is 0.185 e. The largest absolute Gasteiger partial charge is 0.368 e. The number of benzene rings is 1. The number of rotatable bonds is 3. The van der Waals surface area contributed by atoms with E-state index < -0.39 is 0 Å². The van der Waals surface area contributed by atoms with Gasteiger partial charge in [0.05, 0.1) is 23.4 Å². The number of fused-ring (bicyclic) bond motifs is 1. The molecule has 0 unspecified atom stereocenters. The van der Waals surface area contributed by atoms with Gasteiger partial charge >= 0.3 is 0 Å². The zero-order valence-electron chi connectivity index (χ0n) is 14.3. The number of aromatic nitrogens is 4. The van der Waals surface area contributed by atoms with E-state index in [-0.39, 0.29) is 5.82 Å². The number of pyridine rings is 2. The summed E-state index contributed by atoms with van der Waals surface area (Å²) >= 11 is 0. The van der Waals surface area contributed by atoms with Gasteiger partial charge in [-0.2, -0.15) is 0 Å². The highest BCUT2D eigenvalue weighted by atomic mass is 19.1. The summed E-state index contributed by atoms with van der Waals surface area (Å²) < 4.78 is 16.0. The number of amidine groups is 1. The molecule has 3 aromatic heterocycles. The van der Waals surface area contributed by atoms with Gasteiger partial charge in [-0.1, -0.05) is 12.1 Å². The fourth-order valence-corrected chi connectivity index (χ4v) is 3.22. The van der Waals surface area contributed by atoms with Gasteiger partial charge in [-0.3, -0.25) is 9.98 Å². The van der Waals surface area contributed by atoms with Gasteiger partial charge in [0, 0.05) is 24.5 Å². The molecular formula is C20H15FN6. The number of aliphatic imine (C=N–C) groups is 1. The van der Waals surface area contributed by atoms with Crippen LogP contribution >= 0.6 is 0 Å². The Bertz CT molecular complexity index is 1170. The van der Waals surface area contributed by atoms with Crippen LogP contribution in [0, 0.1) is 5.82 Å². The number of hydrogen-bond donors (Lipinski definition) is 1. The molecule has 0 spiro atoms. The van der Waals surface area contributed by atoms with Crippen LogP contribution in [0.5, 0.6) is 0 Å². The molecule has 0 radical (unpaired) electrons. The molecule has 1 aliphatic rings. The van der Waals surface area contributed by atoms with Gasteiger partial charge in [-0.05, 0) is 36.4 Å². The lowest BCUT2D eigenvalue weighted by Gasteiger charge is -2.08. The Morgan fingerprint density at radius 3 is 2.59 bits per heavy atom. The summed E-state index contributed by atoms with van der Waals surface area (Å²) in [5.74, 6) is 0.778. The predicted molar refractivity (Wildman–Crippen MR) is 101 cm³/mol. The maximum absolute atomic E-state index is 14.3. The fraction of sp³-hybridized carbons (Fsp3) is 0.100. The topological polar surface area (TPSA) is 67.5 Å². The van der Waals surface area contributed by atoms with E-state index in [4.69, 9.17) is 0 Å². The molecule has 4 aromatic rings. The molecule has 27 heavy (non-hydrogen) atoms. The fourth-order valence-electron chi connectivity index (χ4n) is 3.22. The highest BCUT2D eigenvalue weighted by Crippen LogP contribution is 2.26. The lowest BCUT2D eigenvalue weighted by Crippen LogP contribution is -2.20. The SMILES string of the molecule is Fc1ccccc1-c1nc2c(C3=NCCN3)ccc(-c3ccncc3)n2n1. The summed E-state index contributed by atoms with van der Waals surface area (Å²) in [7, 11) is 0. The molecule has 7 heteroatoms. The molecule has 5 rings (SSSR count). The molecule has 132 valence electrons. The molecule has 0 amide bonds. The molecule has 1 aliphatic heterocycles. The third kappa shape index (κ3) is 2.64. The zero-order valence-corrected chi connectivity index (χ0v) is 14.3. The first-order chi connectivity index (χ1) is 13.3. The first kappa shape index (κ1) is 15.6. The van der Waals surface area contributed by atoms with Gasteiger partial charge in [-0.15, -0.1) is 5.10 Å². The first-order valence-electron chi connectivity index (χ1n) is 8.65. The van der Waals surface area contributed by atoms with Crippen molar-refractivity contribution >= 4 is 11.5 Å². The van der Waals surface area contributed by atoms with Crippen molar-refractivity contribution in [2.45, 2.75) is 0 Å². The van der Waals surface area contributed by atoms with Crippen LogP contribution in [0.2, 0.25) is 0 Å². The van der Waals surface area contributed by atoms with E-state index in [0.717, 1.165) is 35.7 Å². The van der Waals surface area contributed by atoms with Crippen LogP contribution in [0.15, 0.2) is 65.9 Å². The highest BCUT2D eigenvalue weighted by molar-refractivity contribution is 6.05. The summed E-state index contributed by atoms with van der Waals surface area (Å²) in [6, 6.07) is 14.3. The highest BCUT2D eigenvalue weighted by Gasteiger charge is 2.19. The van der Waals surface area contributed by atoms with E-state index >= 15 is 0 Å². The number of nitrogens with one attached hydrogen (secondary N) is 1. The summed E-state index contributed by atoms with van der Waals surface area (Å²) in [5.41, 5.74) is 3.66. The van der Waals surface area contributed by atoms with E-state index in [1.165, 1.54) is 6.07 Å². The minimum Gasteiger partial charge on any atom is -0.368 e. The normalized spacial score (nSPS) is 13.6. The van der Waals surface area contributed by atoms with Gasteiger partial charge in [0.1, 0.15) is 11.7 Å². The van der Waals surface area contributed by atoms with E-state index in [0.29, 0.717) is 17.0 Å². The van der Waals surface area contributed by atoms with Crippen LogP contribution in [-0.4, -0.2) is 38.5 Å². The summed E-state index contributed by atoms with van der Waals surface area (Å²) in [4.78, 5) is 13.2. The number of hydrogen-bond acceptors (Lipinski definition) is 5. The Hall–Kier alpha value is -3.61. The van der Waals surface area contributed by atoms with E-state index in [1.54, 1.807) is 35.1 Å². The Morgan fingerprint density at radius 2 is 1.81 bits per heavy atom. The maximum atomic E-state index is 14.3. The van der Waals surface area contributed by atoms with Crippen LogP contribution in [0.4, 0.5) is 4.39 Å². The summed E-state index contributed by atoms with van der Waals surface area (Å²) in [6.45, 7) is 1.52. The van der Waals surface area contributed by atoms with Crippen molar-refractivity contribution in [3.63, 3.8) is 0 Å². The molecule has 1 N–H and O–H groups in total. The second-order valence-electron chi connectivity index (χ2n) is 6.18. The second kappa shape index (κ2) is 6.28. The van der Waals surface area contributed by atoms with Crippen molar-refractivity contribution in [3.8, 4) is 22.6 Å². The minimum atomic E-state index is -0.350. The molecule has 0 aliphatic carbocycles. The quantitative estimate of drug-likeness (QED) is 0.611. The Morgan fingerprint density at radius 1 is 0.963 bits per heavy atom. The lowest BCUT2D eigenvalue weighted by molar-refractivity contribution is 0.630. The van der Waals surface area contributed by atoms with Crippen molar-refractivity contribution < 1.29 is 4.39 Å². The Balaban J connectivity index is 1.78. The summed E-state index contributed by atoms with van der Waals surface area (Å²) in [5, 5.41) is 7.88. The Labute approximate surface area is 154 Å². The van der Waals surface area contributed by atoms with Crippen LogP contribution in [-0.2, 0) is 0 Å². The number of nitrogens with zero attached hydrogens (tertiary/aromatic N) is 5. The standard InChI is InChI=1S/C20H15FN6/c21-16-4-2-1-3-14(16)19-25-20-15(18-23-11-12-24-18)5-6-17(27(20)26-19)13-7-9-22-10-8-13/h1-10H,11-12H2,(H,23,24). The van der Waals surface area contributed by atoms with E-state index in [1.807, 2.05) is 24.3 Å². The van der Waals surface area contributed by atoms with Crippen LogP contribution in [0.1, 0.15) is 5.56 Å². The van der Waals surface area contributed by atoms with Crippen molar-refractivity contribution in [2.75, 3.05) is 13.1 Å². The van der Waals surface area contributed by atoms with Crippen LogP contribution in [0.3, 0.4) is 0 Å². The minimum absolute atomic E-state index is 0.342. The van der Waals surface area contributed by atoms with Gasteiger partial charge < -0.3 is 5.32 Å². The van der Waals surface area contributed by atoms with Gasteiger partial charge in [0.15, 0.2) is 11.5 Å². The predicted octanol–water partition coefficient (Wildman–Crippen LogP) is 2.95. The molecule has 0 saturated heterocycles. The second-order valence-corrected chi connectivity index (χ2v) is 6.18. The van der Waals surface area contributed by atoms with Gasteiger partial charge in [0.25, 0.3) is 0 Å². The molecule has 6 nitrogen and oxygen atoms in total. The molecule has 0 bridgehead atoms. The van der Waals surface area contributed by atoms with Crippen molar-refractivity contribution in [3.05, 3.63) is 72.3 Å². The molecule has 4 heterocycles. The Kier molecular flexibility index (Phi) is 3.64. The lowest BCUT2D eigenvalue weighted by atomic mass is 10.1. The van der Waals surface area contributed by atoms with Crippen LogP contribution < -0.4 is 5.32 Å². The zero-order chi connectivity index (χ0) is 18.2. The van der Waals surface area contributed by atoms with E-state index in [9.17, 15) is 4.39 Å². The molecule has 1 aromatic carbocycles. The van der Waals surface area contributed by atoms with Crippen molar-refractivity contribution in [1.29, 1.82) is 0 Å². The van der Waals surface area contributed by atoms with E-state index in [2.05, 4.69) is 25.4 Å². The smallest absolute Gasteiger partial charge is 0.185 e. The van der Waals surface area contributed by atoms with Gasteiger partial charge in [-0.25, -0.2) is 13.9 Å². The molecule has 0 fully saturated rings. The van der Waals surface area contributed by atoms with Gasteiger partial charge in [0.2, 0.25) is 0 Å². The molecule has 0 saturated carbocycles. The van der Waals surface area contributed by atoms with Crippen molar-refractivity contribution in [1.82, 2.24) is 24.9 Å². The first-order valence-corrected chi connectivity index (χ1v) is 8.65.